The number of nitrogens with two attached hydrogens (primary N) is 1. The molecule has 0 spiro atoms. The van der Waals surface area contributed by atoms with Crippen LogP contribution in [0.2, 0.25) is 0 Å². The van der Waals surface area contributed by atoms with Crippen LogP contribution in [0.3, 0.4) is 0 Å². The lowest BCUT2D eigenvalue weighted by Gasteiger charge is -1.83. The average Bonchev–Trinajstić information content (AvgIpc) is 1.63. The number of hydrogen-bond acceptors (Lipinski definition) is 4. The first kappa shape index (κ1) is 12.2. The molecule has 0 aliphatic carbocycles. The SMILES string of the molecule is CC(=O)C(C)=O.NC(=S)[S-]. The van der Waals surface area contributed by atoms with E-state index >= 15 is 0 Å². The molecule has 0 aromatic rings. The summed E-state index contributed by atoms with van der Waals surface area (Å²) in [6.45, 7) is 2.50. The molecule has 0 saturated heterocycles. The molecule has 0 radical (unpaired) electrons. The zero-order valence-electron chi connectivity index (χ0n) is 5.71. The highest BCUT2D eigenvalue weighted by molar-refractivity contribution is 8.00. The van der Waals surface area contributed by atoms with Gasteiger partial charge in [0.25, 0.3) is 0 Å². The van der Waals surface area contributed by atoms with Crippen LogP contribution in [0, 0.1) is 0 Å². The lowest BCUT2D eigenvalue weighted by molar-refractivity contribution is -0.134. The van der Waals surface area contributed by atoms with Crippen molar-refractivity contribution in [2.75, 3.05) is 0 Å². The van der Waals surface area contributed by atoms with Crippen molar-refractivity contribution in [3.8, 4) is 0 Å². The summed E-state index contributed by atoms with van der Waals surface area (Å²) in [5.74, 6) is -0.759. The largest absolute Gasteiger partial charge is 0.415 e. The highest BCUT2D eigenvalue weighted by atomic mass is 32.1. The molecule has 5 heteroatoms. The molecule has 0 bridgehead atoms. The molecule has 0 aromatic carbocycles. The van der Waals surface area contributed by atoms with Gasteiger partial charge in [0.15, 0.2) is 11.6 Å². The Morgan fingerprint density at radius 3 is 1.40 bits per heavy atom. The second-order valence-electron chi connectivity index (χ2n) is 1.43. The quantitative estimate of drug-likeness (QED) is 0.346. The van der Waals surface area contributed by atoms with Crippen LogP contribution in [-0.2, 0) is 22.2 Å². The standard InChI is InChI=1S/C4H6O2.CH3NS2/c1-3(5)4(2)6;2-1(3)4/h1-2H3;(H3,2,3,4)/p-1. The molecular weight excluding hydrogens is 170 g/mol. The lowest BCUT2D eigenvalue weighted by Crippen LogP contribution is -2.01. The summed E-state index contributed by atoms with van der Waals surface area (Å²) >= 11 is 8.26. The maximum absolute atomic E-state index is 9.79. The van der Waals surface area contributed by atoms with Gasteiger partial charge in [-0.05, 0) is 0 Å². The van der Waals surface area contributed by atoms with Gasteiger partial charge in [-0.25, -0.2) is 0 Å². The van der Waals surface area contributed by atoms with E-state index in [-0.39, 0.29) is 15.9 Å². The average molecular weight is 178 g/mol. The zero-order chi connectivity index (χ0) is 8.73. The highest BCUT2D eigenvalue weighted by Gasteiger charge is 1.94. The first-order valence-electron chi connectivity index (χ1n) is 2.36. The van der Waals surface area contributed by atoms with Gasteiger partial charge >= 0.3 is 0 Å². The third-order valence-electron chi connectivity index (χ3n) is 0.496. The summed E-state index contributed by atoms with van der Waals surface area (Å²) in [6, 6.07) is 0. The van der Waals surface area contributed by atoms with Gasteiger partial charge in [-0.3, -0.25) is 9.59 Å². The predicted octanol–water partition coefficient (Wildman–Crippen LogP) is -0.0587. The van der Waals surface area contributed by atoms with Crippen molar-refractivity contribution < 1.29 is 9.59 Å². The van der Waals surface area contributed by atoms with Gasteiger partial charge in [-0.1, -0.05) is 4.32 Å². The first-order chi connectivity index (χ1) is 4.37. The van der Waals surface area contributed by atoms with Gasteiger partial charge in [0.2, 0.25) is 0 Å². The minimum absolute atomic E-state index is 0.0833. The predicted molar refractivity (Wildman–Crippen MR) is 45.5 cm³/mol. The van der Waals surface area contributed by atoms with Crippen molar-refractivity contribution in [3.63, 3.8) is 0 Å². The van der Waals surface area contributed by atoms with Crippen LogP contribution in [-0.4, -0.2) is 15.9 Å². The minimum Gasteiger partial charge on any atom is -0.415 e. The van der Waals surface area contributed by atoms with Crippen molar-refractivity contribution in [3.05, 3.63) is 0 Å². The summed E-state index contributed by atoms with van der Waals surface area (Å²) in [7, 11) is 0. The number of thiocarbonyl (C=S) groups is 1. The molecule has 0 rings (SSSR count). The smallest absolute Gasteiger partial charge is 0.195 e. The van der Waals surface area contributed by atoms with E-state index in [0.29, 0.717) is 0 Å². The van der Waals surface area contributed by atoms with Crippen LogP contribution in [0.15, 0.2) is 0 Å². The third-order valence-corrected chi connectivity index (χ3v) is 0.496. The molecule has 0 aromatic heterocycles. The second-order valence-corrected chi connectivity index (χ2v) is 2.57. The topological polar surface area (TPSA) is 60.2 Å². The van der Waals surface area contributed by atoms with Crippen molar-refractivity contribution in [1.82, 2.24) is 0 Å². The van der Waals surface area contributed by atoms with Crippen LogP contribution < -0.4 is 5.73 Å². The normalized spacial score (nSPS) is 7.00. The van der Waals surface area contributed by atoms with Crippen molar-refractivity contribution >= 4 is 40.7 Å². The zero-order valence-corrected chi connectivity index (χ0v) is 7.34. The molecule has 3 nitrogen and oxygen atoms in total. The van der Waals surface area contributed by atoms with Crippen molar-refractivity contribution in [2.24, 2.45) is 5.73 Å². The Kier molecular flexibility index (Phi) is 7.99. The van der Waals surface area contributed by atoms with Gasteiger partial charge in [0.05, 0.1) is 0 Å². The fourth-order valence-corrected chi connectivity index (χ4v) is 0. The van der Waals surface area contributed by atoms with E-state index in [1.54, 1.807) is 0 Å². The molecule has 0 amide bonds. The molecule has 0 fully saturated rings. The summed E-state index contributed by atoms with van der Waals surface area (Å²) in [4.78, 5) is 19.6. The van der Waals surface area contributed by atoms with E-state index in [1.165, 1.54) is 13.8 Å². The van der Waals surface area contributed by atoms with Crippen LogP contribution in [0.25, 0.3) is 0 Å². The molecule has 0 heterocycles. The Bertz CT molecular complexity index is 140. The van der Waals surface area contributed by atoms with Gasteiger partial charge in [0.1, 0.15) is 0 Å². The molecular formula is C5H8NO2S2-. The van der Waals surface area contributed by atoms with Crippen LogP contribution in [0.5, 0.6) is 0 Å². The molecule has 0 aliphatic heterocycles. The number of ketones is 2. The number of hydrogen-bond donors (Lipinski definition) is 1. The van der Waals surface area contributed by atoms with Crippen molar-refractivity contribution in [1.29, 1.82) is 0 Å². The maximum Gasteiger partial charge on any atom is 0.195 e. The number of carbonyl (C=O) groups excluding carboxylic acids is 2. The maximum atomic E-state index is 9.79. The van der Waals surface area contributed by atoms with E-state index < -0.39 is 0 Å². The molecule has 0 saturated carbocycles. The summed E-state index contributed by atoms with van der Waals surface area (Å²) in [5, 5.41) is 0. The van der Waals surface area contributed by atoms with E-state index in [9.17, 15) is 9.59 Å². The fraction of sp³-hybridized carbons (Fsp3) is 0.400. The molecule has 0 atom stereocenters. The van der Waals surface area contributed by atoms with E-state index in [0.717, 1.165) is 0 Å². The fourth-order valence-electron chi connectivity index (χ4n) is 0. The minimum atomic E-state index is -0.380. The Balaban J connectivity index is 0. The summed E-state index contributed by atoms with van der Waals surface area (Å²) in [6.07, 6.45) is 0. The third kappa shape index (κ3) is 26.0. The Morgan fingerprint density at radius 2 is 1.40 bits per heavy atom. The van der Waals surface area contributed by atoms with E-state index in [4.69, 9.17) is 0 Å². The monoisotopic (exact) mass is 178 g/mol. The van der Waals surface area contributed by atoms with Gasteiger partial charge < -0.3 is 30.6 Å². The second kappa shape index (κ2) is 6.57. The molecule has 10 heavy (non-hydrogen) atoms. The lowest BCUT2D eigenvalue weighted by atomic mass is 10.3. The Labute approximate surface area is 70.4 Å². The van der Waals surface area contributed by atoms with Crippen molar-refractivity contribution in [2.45, 2.75) is 13.8 Å². The van der Waals surface area contributed by atoms with Gasteiger partial charge in [-0.15, -0.1) is 0 Å². The number of rotatable bonds is 1. The Morgan fingerprint density at radius 1 is 1.30 bits per heavy atom. The molecule has 0 aliphatic rings. The van der Waals surface area contributed by atoms with Crippen LogP contribution in [0.1, 0.15) is 13.8 Å². The molecule has 58 valence electrons. The molecule has 2 N–H and O–H groups in total. The van der Waals surface area contributed by atoms with Gasteiger partial charge in [0, 0.05) is 13.8 Å². The number of carbonyl (C=O) groups is 2. The summed E-state index contributed by atoms with van der Waals surface area (Å²) < 4.78 is 0.0833. The van der Waals surface area contributed by atoms with Crippen LogP contribution >= 0.6 is 12.2 Å². The number of Topliss-reactive ketones (excluding diaryl/α,β-unsaturated/α-hetero) is 2. The highest BCUT2D eigenvalue weighted by Crippen LogP contribution is 1.66. The Hall–Kier alpha value is -0.550. The van der Waals surface area contributed by atoms with Gasteiger partial charge in [-0.2, -0.15) is 0 Å². The van der Waals surface area contributed by atoms with Crippen LogP contribution in [0.4, 0.5) is 0 Å². The molecule has 0 unspecified atom stereocenters. The first-order valence-corrected chi connectivity index (χ1v) is 3.17. The summed E-state index contributed by atoms with van der Waals surface area (Å²) in [5.41, 5.74) is 4.66. The van der Waals surface area contributed by atoms with E-state index in [1.807, 2.05) is 0 Å². The van der Waals surface area contributed by atoms with E-state index in [2.05, 4.69) is 30.6 Å².